The molecule has 6 nitrogen and oxygen atoms in total. The molecule has 1 unspecified atom stereocenters. The van der Waals surface area contributed by atoms with Crippen molar-refractivity contribution in [3.63, 3.8) is 0 Å². The lowest BCUT2D eigenvalue weighted by atomic mass is 9.68. The third-order valence-electron chi connectivity index (χ3n) is 5.17. The van der Waals surface area contributed by atoms with Gasteiger partial charge >= 0.3 is 0 Å². The van der Waals surface area contributed by atoms with Crippen LogP contribution in [-0.2, 0) is 19.4 Å². The van der Waals surface area contributed by atoms with Crippen LogP contribution in [0, 0.1) is 5.41 Å². The molecule has 0 radical (unpaired) electrons. The zero-order valence-corrected chi connectivity index (χ0v) is 13.5. The van der Waals surface area contributed by atoms with Crippen molar-refractivity contribution in [2.75, 3.05) is 5.73 Å². The van der Waals surface area contributed by atoms with Gasteiger partial charge in [0.15, 0.2) is 5.82 Å². The second-order valence-corrected chi connectivity index (χ2v) is 7.58. The van der Waals surface area contributed by atoms with Crippen molar-refractivity contribution in [1.82, 2.24) is 9.55 Å². The number of amides is 1. The second kappa shape index (κ2) is 4.92. The number of primary amides is 1. The van der Waals surface area contributed by atoms with E-state index in [4.69, 9.17) is 11.5 Å². The summed E-state index contributed by atoms with van der Waals surface area (Å²) in [7, 11) is 0. The number of hydrogen-bond acceptors (Lipinski definition) is 5. The number of aryl methyl sites for hydroxylation is 1. The zero-order chi connectivity index (χ0) is 16.2. The maximum absolute atomic E-state index is 13.1. The molecule has 0 fully saturated rings. The molecule has 3 heterocycles. The average Bonchev–Trinajstić information content (AvgIpc) is 3.06. The molecule has 120 valence electrons. The Morgan fingerprint density at radius 2 is 2.22 bits per heavy atom. The fourth-order valence-corrected chi connectivity index (χ4v) is 5.28. The van der Waals surface area contributed by atoms with E-state index in [9.17, 15) is 9.59 Å². The maximum atomic E-state index is 13.1. The van der Waals surface area contributed by atoms with Gasteiger partial charge in [0, 0.05) is 29.2 Å². The second-order valence-electron chi connectivity index (χ2n) is 6.44. The molecular weight excluding hydrogens is 312 g/mol. The average molecular weight is 330 g/mol. The van der Waals surface area contributed by atoms with Gasteiger partial charge in [-0.3, -0.25) is 9.59 Å². The smallest absolute Gasteiger partial charge is 0.251 e. The first kappa shape index (κ1) is 14.4. The Morgan fingerprint density at radius 3 is 3.00 bits per heavy atom. The fraction of sp³-hybridized carbons (Fsp3) is 0.438. The number of aromatic nitrogens is 2. The van der Waals surface area contributed by atoms with Crippen molar-refractivity contribution in [3.05, 3.63) is 34.2 Å². The van der Waals surface area contributed by atoms with Gasteiger partial charge in [0.05, 0.1) is 10.6 Å². The molecule has 1 atom stereocenters. The van der Waals surface area contributed by atoms with Gasteiger partial charge in [0.2, 0.25) is 5.78 Å². The van der Waals surface area contributed by atoms with Gasteiger partial charge in [-0.2, -0.15) is 0 Å². The first-order valence-corrected chi connectivity index (χ1v) is 8.59. The third-order valence-corrected chi connectivity index (χ3v) is 6.23. The molecule has 2 aliphatic rings. The molecule has 0 bridgehead atoms. The summed E-state index contributed by atoms with van der Waals surface area (Å²) in [6.07, 6.45) is 7.39. The van der Waals surface area contributed by atoms with E-state index in [-0.39, 0.29) is 5.78 Å². The highest BCUT2D eigenvalue weighted by Gasteiger charge is 2.45. The highest BCUT2D eigenvalue weighted by atomic mass is 32.1. The Morgan fingerprint density at radius 1 is 1.39 bits per heavy atom. The summed E-state index contributed by atoms with van der Waals surface area (Å²) in [6, 6.07) is 0. The number of anilines is 1. The Kier molecular flexibility index (Phi) is 3.09. The fourth-order valence-electron chi connectivity index (χ4n) is 4.02. The summed E-state index contributed by atoms with van der Waals surface area (Å²) in [5.74, 6) is 0.211. The molecule has 4 N–H and O–H groups in total. The van der Waals surface area contributed by atoms with Gasteiger partial charge in [0.1, 0.15) is 0 Å². The van der Waals surface area contributed by atoms with E-state index in [1.54, 1.807) is 6.20 Å². The van der Waals surface area contributed by atoms with E-state index < -0.39 is 11.3 Å². The molecule has 0 saturated carbocycles. The number of carbonyl (C=O) groups excluding carboxylic acids is 2. The monoisotopic (exact) mass is 330 g/mol. The highest BCUT2D eigenvalue weighted by Crippen LogP contribution is 2.47. The summed E-state index contributed by atoms with van der Waals surface area (Å²) < 4.78 is 1.95. The first-order chi connectivity index (χ1) is 11.0. The van der Waals surface area contributed by atoms with Crippen molar-refractivity contribution >= 4 is 28.0 Å². The number of Topliss-reactive ketones (excluding diaryl/α,β-unsaturated/α-hetero) is 1. The van der Waals surface area contributed by atoms with E-state index in [0.29, 0.717) is 29.2 Å². The predicted octanol–water partition coefficient (Wildman–Crippen LogP) is 1.78. The predicted molar refractivity (Wildman–Crippen MR) is 87.5 cm³/mol. The Hall–Kier alpha value is -2.15. The van der Waals surface area contributed by atoms with Crippen LogP contribution in [0.15, 0.2) is 12.4 Å². The number of ketones is 1. The lowest BCUT2D eigenvalue weighted by Gasteiger charge is -2.34. The van der Waals surface area contributed by atoms with Crippen LogP contribution in [0.25, 0.3) is 0 Å². The molecule has 7 heteroatoms. The van der Waals surface area contributed by atoms with Crippen LogP contribution in [0.3, 0.4) is 0 Å². The van der Waals surface area contributed by atoms with Crippen LogP contribution in [0.2, 0.25) is 0 Å². The number of nitrogens with two attached hydrogens (primary N) is 2. The van der Waals surface area contributed by atoms with E-state index in [1.807, 2.05) is 10.8 Å². The van der Waals surface area contributed by atoms with E-state index in [1.165, 1.54) is 11.3 Å². The van der Waals surface area contributed by atoms with Crippen molar-refractivity contribution in [3.8, 4) is 0 Å². The molecule has 4 rings (SSSR count). The minimum Gasteiger partial charge on any atom is -0.390 e. The summed E-state index contributed by atoms with van der Waals surface area (Å²) in [5, 5.41) is 0.474. The number of rotatable bonds is 1. The van der Waals surface area contributed by atoms with Gasteiger partial charge in [0.25, 0.3) is 5.91 Å². The van der Waals surface area contributed by atoms with Crippen molar-refractivity contribution in [2.24, 2.45) is 11.1 Å². The van der Waals surface area contributed by atoms with E-state index >= 15 is 0 Å². The van der Waals surface area contributed by atoms with Crippen LogP contribution in [0.5, 0.6) is 0 Å². The Bertz CT molecular complexity index is 822. The van der Waals surface area contributed by atoms with Crippen LogP contribution in [-0.4, -0.2) is 21.2 Å². The SMILES string of the molecule is NC(=O)c1c(N)sc2c1CCC1(CCCn3ccnc3C1=O)C2. The molecule has 1 spiro atoms. The normalized spacial score (nSPS) is 23.4. The first-order valence-electron chi connectivity index (χ1n) is 7.77. The van der Waals surface area contributed by atoms with Crippen LogP contribution < -0.4 is 11.5 Å². The van der Waals surface area contributed by atoms with E-state index in [2.05, 4.69) is 4.98 Å². The zero-order valence-electron chi connectivity index (χ0n) is 12.7. The molecule has 2 aromatic heterocycles. The quantitative estimate of drug-likeness (QED) is 0.831. The molecule has 2 aromatic rings. The number of nitrogen functional groups attached to an aromatic ring is 1. The molecule has 0 aromatic carbocycles. The Balaban J connectivity index is 1.76. The minimum absolute atomic E-state index is 0.123. The van der Waals surface area contributed by atoms with Crippen molar-refractivity contribution in [2.45, 2.75) is 38.6 Å². The largest absolute Gasteiger partial charge is 0.390 e. The lowest BCUT2D eigenvalue weighted by molar-refractivity contribution is 0.0743. The summed E-state index contributed by atoms with van der Waals surface area (Å²) >= 11 is 1.40. The van der Waals surface area contributed by atoms with Crippen LogP contribution >= 0.6 is 11.3 Å². The third kappa shape index (κ3) is 2.03. The number of imidazole rings is 1. The van der Waals surface area contributed by atoms with Gasteiger partial charge in [-0.05, 0) is 37.7 Å². The lowest BCUT2D eigenvalue weighted by Crippen LogP contribution is -2.37. The van der Waals surface area contributed by atoms with Crippen molar-refractivity contribution in [1.29, 1.82) is 0 Å². The number of nitrogens with zero attached hydrogens (tertiary/aromatic N) is 2. The van der Waals surface area contributed by atoms with Crippen molar-refractivity contribution < 1.29 is 9.59 Å². The molecule has 1 aliphatic heterocycles. The summed E-state index contributed by atoms with van der Waals surface area (Å²) in [6.45, 7) is 0.828. The Labute approximate surface area is 137 Å². The van der Waals surface area contributed by atoms with Crippen LogP contribution in [0.4, 0.5) is 5.00 Å². The number of thiophene rings is 1. The standard InChI is InChI=1S/C16H18N4O2S/c17-13(22)11-9-2-4-16(8-10(9)23-14(11)18)3-1-6-20-7-5-19-15(20)12(16)21/h5,7H,1-4,6,8,18H2,(H2,17,22). The van der Waals surface area contributed by atoms with E-state index in [0.717, 1.165) is 36.2 Å². The van der Waals surface area contributed by atoms with Gasteiger partial charge < -0.3 is 16.0 Å². The number of fused-ring (bicyclic) bond motifs is 2. The topological polar surface area (TPSA) is 104 Å². The maximum Gasteiger partial charge on any atom is 0.251 e. The van der Waals surface area contributed by atoms with Gasteiger partial charge in [-0.15, -0.1) is 11.3 Å². The molecule has 1 amide bonds. The molecule has 0 saturated heterocycles. The van der Waals surface area contributed by atoms with Gasteiger partial charge in [-0.25, -0.2) is 4.98 Å². The summed E-state index contributed by atoms with van der Waals surface area (Å²) in [4.78, 5) is 30.1. The molecule has 1 aliphatic carbocycles. The van der Waals surface area contributed by atoms with Gasteiger partial charge in [-0.1, -0.05) is 0 Å². The minimum atomic E-state index is -0.473. The molecule has 23 heavy (non-hydrogen) atoms. The molecular formula is C16H18N4O2S. The summed E-state index contributed by atoms with van der Waals surface area (Å²) in [5.41, 5.74) is 12.4. The number of hydrogen-bond donors (Lipinski definition) is 2. The number of carbonyl (C=O) groups is 2. The highest BCUT2D eigenvalue weighted by molar-refractivity contribution is 7.16. The van der Waals surface area contributed by atoms with Crippen LogP contribution in [0.1, 0.15) is 50.7 Å².